The van der Waals surface area contributed by atoms with Crippen LogP contribution in [0.3, 0.4) is 0 Å². The van der Waals surface area contributed by atoms with Gasteiger partial charge in [-0.1, -0.05) is 35.9 Å². The number of benzene rings is 2. The lowest BCUT2D eigenvalue weighted by Crippen LogP contribution is -2.23. The van der Waals surface area contributed by atoms with E-state index in [4.69, 9.17) is 21.1 Å². The van der Waals surface area contributed by atoms with Gasteiger partial charge in [0, 0.05) is 5.02 Å². The molecular formula is C21H21ClO3. The normalized spacial score (nSPS) is 16.2. The van der Waals surface area contributed by atoms with Crippen LogP contribution in [-0.2, 0) is 14.3 Å². The molecule has 0 saturated carbocycles. The molecule has 0 atom stereocenters. The molecule has 0 aromatic heterocycles. The van der Waals surface area contributed by atoms with Crippen molar-refractivity contribution in [2.45, 2.75) is 33.3 Å². The molecule has 3 rings (SSSR count). The van der Waals surface area contributed by atoms with Gasteiger partial charge in [0.05, 0.1) is 7.11 Å². The number of methoxy groups -OCH3 is 1. The van der Waals surface area contributed by atoms with Crippen molar-refractivity contribution < 1.29 is 14.3 Å². The Bertz CT molecular complexity index is 854. The summed E-state index contributed by atoms with van der Waals surface area (Å²) in [5, 5.41) is 0.708. The number of hydrogen-bond donors (Lipinski definition) is 0. The molecule has 2 aromatic rings. The highest BCUT2D eigenvalue weighted by Crippen LogP contribution is 2.41. The zero-order chi connectivity index (χ0) is 18.4. The van der Waals surface area contributed by atoms with Crippen LogP contribution in [0.5, 0.6) is 0 Å². The van der Waals surface area contributed by atoms with Crippen molar-refractivity contribution in [1.29, 1.82) is 0 Å². The standard InChI is InChI=1S/C21H21ClO3/c1-12-10-15(14-6-8-16(22)9-7-14)11-13(2)17(12)18-19(24-5)21(3,4)25-20(18)23/h6-11H,1-5H3. The second kappa shape index (κ2) is 6.23. The van der Waals surface area contributed by atoms with E-state index >= 15 is 0 Å². The lowest BCUT2D eigenvalue weighted by atomic mass is 9.89. The van der Waals surface area contributed by atoms with E-state index in [0.717, 1.165) is 27.8 Å². The summed E-state index contributed by atoms with van der Waals surface area (Å²) in [6.07, 6.45) is 0. The van der Waals surface area contributed by atoms with Crippen LogP contribution in [-0.4, -0.2) is 18.7 Å². The molecule has 2 aromatic carbocycles. The van der Waals surface area contributed by atoms with Gasteiger partial charge in [-0.3, -0.25) is 0 Å². The fraction of sp³-hybridized carbons (Fsp3) is 0.286. The topological polar surface area (TPSA) is 35.5 Å². The first-order chi connectivity index (χ1) is 11.7. The van der Waals surface area contributed by atoms with Crippen LogP contribution >= 0.6 is 11.6 Å². The van der Waals surface area contributed by atoms with Crippen molar-refractivity contribution in [3.63, 3.8) is 0 Å². The fourth-order valence-corrected chi connectivity index (χ4v) is 3.58. The Morgan fingerprint density at radius 3 is 2.08 bits per heavy atom. The Hall–Kier alpha value is -2.26. The molecule has 0 bridgehead atoms. The van der Waals surface area contributed by atoms with E-state index < -0.39 is 5.60 Å². The summed E-state index contributed by atoms with van der Waals surface area (Å²) in [4.78, 5) is 12.5. The fourth-order valence-electron chi connectivity index (χ4n) is 3.45. The van der Waals surface area contributed by atoms with Gasteiger partial charge in [-0.05, 0) is 67.6 Å². The molecule has 4 heteroatoms. The average molecular weight is 357 g/mol. The lowest BCUT2D eigenvalue weighted by molar-refractivity contribution is -0.144. The van der Waals surface area contributed by atoms with Gasteiger partial charge in [0.1, 0.15) is 5.57 Å². The van der Waals surface area contributed by atoms with Crippen LogP contribution in [0.1, 0.15) is 30.5 Å². The Kier molecular flexibility index (Phi) is 4.38. The molecule has 0 saturated heterocycles. The largest absolute Gasteiger partial charge is 0.496 e. The number of ether oxygens (including phenoxy) is 2. The first kappa shape index (κ1) is 17.6. The molecule has 3 nitrogen and oxygen atoms in total. The van der Waals surface area contributed by atoms with E-state index in [9.17, 15) is 4.79 Å². The Morgan fingerprint density at radius 2 is 1.56 bits per heavy atom. The van der Waals surface area contributed by atoms with Crippen LogP contribution in [0.25, 0.3) is 16.7 Å². The number of carbonyl (C=O) groups excluding carboxylic acids is 1. The van der Waals surface area contributed by atoms with Gasteiger partial charge in [0.25, 0.3) is 0 Å². The number of aryl methyl sites for hydroxylation is 2. The van der Waals surface area contributed by atoms with Crippen molar-refractivity contribution >= 4 is 23.1 Å². The van der Waals surface area contributed by atoms with E-state index in [-0.39, 0.29) is 5.97 Å². The Balaban J connectivity index is 2.16. The lowest BCUT2D eigenvalue weighted by Gasteiger charge is -2.19. The summed E-state index contributed by atoms with van der Waals surface area (Å²) >= 11 is 5.98. The van der Waals surface area contributed by atoms with Gasteiger partial charge in [-0.15, -0.1) is 0 Å². The molecule has 0 unspecified atom stereocenters. The smallest absolute Gasteiger partial charge is 0.343 e. The van der Waals surface area contributed by atoms with E-state index in [1.807, 2.05) is 52.0 Å². The van der Waals surface area contributed by atoms with Gasteiger partial charge in [0.2, 0.25) is 0 Å². The molecule has 0 N–H and O–H groups in total. The van der Waals surface area contributed by atoms with Crippen LogP contribution in [0.15, 0.2) is 42.2 Å². The maximum atomic E-state index is 12.5. The minimum Gasteiger partial charge on any atom is -0.496 e. The van der Waals surface area contributed by atoms with E-state index in [2.05, 4.69) is 12.1 Å². The maximum absolute atomic E-state index is 12.5. The first-order valence-electron chi connectivity index (χ1n) is 8.14. The van der Waals surface area contributed by atoms with Gasteiger partial charge in [0.15, 0.2) is 11.4 Å². The third-order valence-corrected chi connectivity index (χ3v) is 4.74. The average Bonchev–Trinajstić information content (AvgIpc) is 2.75. The highest BCUT2D eigenvalue weighted by molar-refractivity contribution is 6.30. The SMILES string of the molecule is COC1=C(c2c(C)cc(-c3ccc(Cl)cc3)cc2C)C(=O)OC1(C)C. The van der Waals surface area contributed by atoms with Gasteiger partial charge in [-0.2, -0.15) is 0 Å². The highest BCUT2D eigenvalue weighted by Gasteiger charge is 2.43. The summed E-state index contributed by atoms with van der Waals surface area (Å²) in [6.45, 7) is 7.67. The molecule has 25 heavy (non-hydrogen) atoms. The first-order valence-corrected chi connectivity index (χ1v) is 8.52. The monoisotopic (exact) mass is 356 g/mol. The zero-order valence-electron chi connectivity index (χ0n) is 15.1. The molecule has 0 fully saturated rings. The second-order valence-electron chi connectivity index (χ2n) is 6.80. The molecule has 1 heterocycles. The van der Waals surface area contributed by atoms with E-state index in [1.54, 1.807) is 7.11 Å². The van der Waals surface area contributed by atoms with Crippen LogP contribution in [0, 0.1) is 13.8 Å². The molecule has 0 spiro atoms. The molecule has 1 aliphatic rings. The Morgan fingerprint density at radius 1 is 1.00 bits per heavy atom. The molecular weight excluding hydrogens is 336 g/mol. The maximum Gasteiger partial charge on any atom is 0.343 e. The van der Waals surface area contributed by atoms with Crippen molar-refractivity contribution in [3.05, 3.63) is 63.9 Å². The summed E-state index contributed by atoms with van der Waals surface area (Å²) in [6, 6.07) is 11.9. The minimum absolute atomic E-state index is 0.340. The molecule has 130 valence electrons. The summed E-state index contributed by atoms with van der Waals surface area (Å²) in [5.74, 6) is 0.232. The second-order valence-corrected chi connectivity index (χ2v) is 7.24. The van der Waals surface area contributed by atoms with Gasteiger partial charge >= 0.3 is 5.97 Å². The zero-order valence-corrected chi connectivity index (χ0v) is 15.8. The van der Waals surface area contributed by atoms with Crippen molar-refractivity contribution in [2.24, 2.45) is 0 Å². The quantitative estimate of drug-likeness (QED) is 0.698. The number of cyclic esters (lactones) is 1. The molecule has 1 aliphatic heterocycles. The summed E-state index contributed by atoms with van der Waals surface area (Å²) in [7, 11) is 1.58. The Labute approximate surface area is 153 Å². The van der Waals surface area contributed by atoms with Gasteiger partial charge < -0.3 is 9.47 Å². The van der Waals surface area contributed by atoms with Crippen LogP contribution in [0.2, 0.25) is 5.02 Å². The number of esters is 1. The molecule has 0 amide bonds. The number of carbonyl (C=O) groups is 1. The van der Waals surface area contributed by atoms with Gasteiger partial charge in [-0.25, -0.2) is 4.79 Å². The van der Waals surface area contributed by atoms with Crippen LogP contribution in [0.4, 0.5) is 0 Å². The molecule has 0 radical (unpaired) electrons. The third-order valence-electron chi connectivity index (χ3n) is 4.49. The number of hydrogen-bond acceptors (Lipinski definition) is 3. The number of rotatable bonds is 3. The van der Waals surface area contributed by atoms with E-state index in [0.29, 0.717) is 16.4 Å². The van der Waals surface area contributed by atoms with Crippen molar-refractivity contribution in [2.75, 3.05) is 7.11 Å². The molecule has 0 aliphatic carbocycles. The minimum atomic E-state index is -0.755. The highest BCUT2D eigenvalue weighted by atomic mass is 35.5. The predicted molar refractivity (Wildman–Crippen MR) is 100 cm³/mol. The van der Waals surface area contributed by atoms with Crippen molar-refractivity contribution in [3.8, 4) is 11.1 Å². The number of halogens is 1. The summed E-state index contributed by atoms with van der Waals surface area (Å²) in [5.41, 5.74) is 4.82. The predicted octanol–water partition coefficient (Wildman–Crippen LogP) is 5.32. The van der Waals surface area contributed by atoms with E-state index in [1.165, 1.54) is 0 Å². The summed E-state index contributed by atoms with van der Waals surface area (Å²) < 4.78 is 11.0. The van der Waals surface area contributed by atoms with Crippen molar-refractivity contribution in [1.82, 2.24) is 0 Å². The van der Waals surface area contributed by atoms with Crippen LogP contribution < -0.4 is 0 Å². The third kappa shape index (κ3) is 3.05.